The van der Waals surface area contributed by atoms with Gasteiger partial charge in [0.15, 0.2) is 0 Å². The van der Waals surface area contributed by atoms with Gasteiger partial charge < -0.3 is 10.6 Å². The van der Waals surface area contributed by atoms with Gasteiger partial charge in [-0.1, -0.05) is 85.3 Å². The highest BCUT2D eigenvalue weighted by molar-refractivity contribution is 6.37. The Kier molecular flexibility index (Phi) is 6.80. The molecule has 0 unspecified atom stereocenters. The number of piperidine rings is 1. The van der Waals surface area contributed by atoms with E-state index >= 15 is 0 Å². The summed E-state index contributed by atoms with van der Waals surface area (Å²) in [5, 5.41) is 6.73. The van der Waals surface area contributed by atoms with Gasteiger partial charge in [0.2, 0.25) is 0 Å². The number of carbonyl (C=O) groups is 1. The van der Waals surface area contributed by atoms with Crippen molar-refractivity contribution in [3.05, 3.63) is 119 Å². The second kappa shape index (κ2) is 10.7. The number of anilines is 2. The number of amides is 1. The minimum atomic E-state index is -0.0880. The fourth-order valence-corrected chi connectivity index (χ4v) is 5.58. The summed E-state index contributed by atoms with van der Waals surface area (Å²) < 4.78 is 0. The van der Waals surface area contributed by atoms with Crippen molar-refractivity contribution in [3.63, 3.8) is 0 Å². The third-order valence-corrected chi connectivity index (χ3v) is 7.61. The van der Waals surface area contributed by atoms with Crippen LogP contribution >= 0.6 is 0 Å². The highest BCUT2D eigenvalue weighted by atomic mass is 16.2. The van der Waals surface area contributed by atoms with Crippen molar-refractivity contribution in [2.24, 2.45) is 0 Å². The molecule has 2 heterocycles. The first kappa shape index (κ1) is 24.2. The van der Waals surface area contributed by atoms with Crippen LogP contribution in [0.4, 0.5) is 11.4 Å². The standard InChI is InChI=1S/C34H33N3O/c1-24-10-6-7-13-29(24)27-16-19-30-31(22-27)36-34(38)32(30)33(26-11-4-2-5-12-26)35-28-17-14-25(15-18-28)23-37-20-8-3-9-21-37/h2,4-7,10-19,22,35H,3,8-9,20-21,23H2,1H3,(H,36,38)/b33-32+. The molecule has 4 aromatic rings. The van der Waals surface area contributed by atoms with Gasteiger partial charge in [0.1, 0.15) is 0 Å². The molecule has 2 N–H and O–H groups in total. The van der Waals surface area contributed by atoms with E-state index in [1.165, 1.54) is 49.0 Å². The lowest BCUT2D eigenvalue weighted by Gasteiger charge is -2.26. The van der Waals surface area contributed by atoms with Crippen LogP contribution < -0.4 is 10.6 Å². The van der Waals surface area contributed by atoms with Crippen molar-refractivity contribution >= 4 is 28.6 Å². The summed E-state index contributed by atoms with van der Waals surface area (Å²) in [7, 11) is 0. The third kappa shape index (κ3) is 5.00. The van der Waals surface area contributed by atoms with Crippen LogP contribution in [0.2, 0.25) is 0 Å². The Labute approximate surface area is 225 Å². The van der Waals surface area contributed by atoms with Crippen LogP contribution in [0, 0.1) is 6.92 Å². The normalized spacial score (nSPS) is 16.6. The fraction of sp³-hybridized carbons (Fsp3) is 0.206. The zero-order chi connectivity index (χ0) is 25.9. The van der Waals surface area contributed by atoms with Gasteiger partial charge in [-0.3, -0.25) is 9.69 Å². The lowest BCUT2D eigenvalue weighted by Crippen LogP contribution is -2.29. The van der Waals surface area contributed by atoms with Crippen LogP contribution in [0.5, 0.6) is 0 Å². The zero-order valence-corrected chi connectivity index (χ0v) is 21.8. The van der Waals surface area contributed by atoms with Gasteiger partial charge in [0.05, 0.1) is 11.3 Å². The van der Waals surface area contributed by atoms with Gasteiger partial charge >= 0.3 is 0 Å². The topological polar surface area (TPSA) is 44.4 Å². The first-order valence-electron chi connectivity index (χ1n) is 13.6. The summed E-state index contributed by atoms with van der Waals surface area (Å²) >= 11 is 0. The molecular formula is C34H33N3O. The van der Waals surface area contributed by atoms with Crippen LogP contribution in [-0.2, 0) is 11.3 Å². The molecule has 190 valence electrons. The SMILES string of the molecule is Cc1ccccc1-c1ccc2c(c1)NC(=O)/C2=C(/Nc1ccc(CN2CCCCC2)cc1)c1ccccc1. The number of hydrogen-bond acceptors (Lipinski definition) is 3. The average Bonchev–Trinajstić information content (AvgIpc) is 3.28. The molecule has 4 heteroatoms. The van der Waals surface area contributed by atoms with Crippen molar-refractivity contribution in [2.75, 3.05) is 23.7 Å². The average molecular weight is 500 g/mol. The number of nitrogens with one attached hydrogen (secondary N) is 2. The molecule has 1 amide bonds. The molecule has 0 bridgehead atoms. The van der Waals surface area contributed by atoms with E-state index in [0.717, 1.165) is 40.3 Å². The Morgan fingerprint density at radius 2 is 1.55 bits per heavy atom. The maximum atomic E-state index is 13.4. The molecule has 1 fully saturated rings. The minimum absolute atomic E-state index is 0.0880. The van der Waals surface area contributed by atoms with E-state index in [9.17, 15) is 4.79 Å². The molecule has 0 saturated carbocycles. The molecule has 0 radical (unpaired) electrons. The van der Waals surface area contributed by atoms with Gasteiger partial charge in [0, 0.05) is 23.5 Å². The lowest BCUT2D eigenvalue weighted by atomic mass is 9.95. The zero-order valence-electron chi connectivity index (χ0n) is 21.8. The summed E-state index contributed by atoms with van der Waals surface area (Å²) in [5.41, 5.74) is 9.99. The van der Waals surface area contributed by atoms with Gasteiger partial charge in [-0.15, -0.1) is 0 Å². The maximum absolute atomic E-state index is 13.4. The second-order valence-electron chi connectivity index (χ2n) is 10.3. The lowest BCUT2D eigenvalue weighted by molar-refractivity contribution is -0.110. The number of fused-ring (bicyclic) bond motifs is 1. The second-order valence-corrected chi connectivity index (χ2v) is 10.3. The molecule has 1 saturated heterocycles. The van der Waals surface area contributed by atoms with Crippen molar-refractivity contribution in [1.29, 1.82) is 0 Å². The van der Waals surface area contributed by atoms with Gasteiger partial charge in [-0.25, -0.2) is 0 Å². The van der Waals surface area contributed by atoms with E-state index < -0.39 is 0 Å². The van der Waals surface area contributed by atoms with Gasteiger partial charge in [-0.2, -0.15) is 0 Å². The molecule has 4 nitrogen and oxygen atoms in total. The van der Waals surface area contributed by atoms with E-state index in [4.69, 9.17) is 0 Å². The molecule has 2 aliphatic heterocycles. The first-order valence-corrected chi connectivity index (χ1v) is 13.6. The number of benzene rings is 4. The quantitative estimate of drug-likeness (QED) is 0.269. The van der Waals surface area contributed by atoms with Gasteiger partial charge in [-0.05, 0) is 78.9 Å². The molecule has 0 aliphatic carbocycles. The van der Waals surface area contributed by atoms with E-state index in [2.05, 4.69) is 83.1 Å². The number of likely N-dealkylation sites (tertiary alicyclic amines) is 1. The number of nitrogens with zero attached hydrogens (tertiary/aromatic N) is 1. The molecule has 2 aliphatic rings. The van der Waals surface area contributed by atoms with Crippen LogP contribution in [0.25, 0.3) is 22.4 Å². The summed E-state index contributed by atoms with van der Waals surface area (Å²) in [6.07, 6.45) is 3.94. The van der Waals surface area contributed by atoms with Crippen LogP contribution in [0.15, 0.2) is 97.1 Å². The molecule has 0 spiro atoms. The third-order valence-electron chi connectivity index (χ3n) is 7.61. The molecule has 4 aromatic carbocycles. The Bertz CT molecular complexity index is 1480. The molecule has 38 heavy (non-hydrogen) atoms. The predicted molar refractivity (Wildman–Crippen MR) is 158 cm³/mol. The van der Waals surface area contributed by atoms with Crippen molar-refractivity contribution in [1.82, 2.24) is 4.90 Å². The highest BCUT2D eigenvalue weighted by Crippen LogP contribution is 2.40. The largest absolute Gasteiger partial charge is 0.354 e. The minimum Gasteiger partial charge on any atom is -0.354 e. The van der Waals surface area contributed by atoms with Crippen LogP contribution in [-0.4, -0.2) is 23.9 Å². The maximum Gasteiger partial charge on any atom is 0.258 e. The van der Waals surface area contributed by atoms with Crippen molar-refractivity contribution in [2.45, 2.75) is 32.7 Å². The monoisotopic (exact) mass is 499 g/mol. The van der Waals surface area contributed by atoms with Crippen LogP contribution in [0.3, 0.4) is 0 Å². The van der Waals surface area contributed by atoms with Crippen molar-refractivity contribution < 1.29 is 4.79 Å². The Morgan fingerprint density at radius 1 is 0.816 bits per heavy atom. The smallest absolute Gasteiger partial charge is 0.258 e. The van der Waals surface area contributed by atoms with Crippen LogP contribution in [0.1, 0.15) is 41.5 Å². The van der Waals surface area contributed by atoms with E-state index in [-0.39, 0.29) is 5.91 Å². The number of aryl methyl sites for hydroxylation is 1. The number of hydrogen-bond donors (Lipinski definition) is 2. The van der Waals surface area contributed by atoms with E-state index in [0.29, 0.717) is 5.57 Å². The molecular weight excluding hydrogens is 466 g/mol. The summed E-state index contributed by atoms with van der Waals surface area (Å²) in [5.74, 6) is -0.0880. The fourth-order valence-electron chi connectivity index (χ4n) is 5.58. The predicted octanol–water partition coefficient (Wildman–Crippen LogP) is 7.58. The molecule has 0 atom stereocenters. The summed E-state index contributed by atoms with van der Waals surface area (Å²) in [6.45, 7) is 5.47. The van der Waals surface area contributed by atoms with Gasteiger partial charge in [0.25, 0.3) is 5.91 Å². The molecule has 6 rings (SSSR count). The Balaban J connectivity index is 1.34. The van der Waals surface area contributed by atoms with E-state index in [1.54, 1.807) is 0 Å². The number of rotatable bonds is 6. The highest BCUT2D eigenvalue weighted by Gasteiger charge is 2.29. The Morgan fingerprint density at radius 3 is 2.32 bits per heavy atom. The Hall–Kier alpha value is -4.15. The van der Waals surface area contributed by atoms with Crippen molar-refractivity contribution in [3.8, 4) is 11.1 Å². The molecule has 0 aromatic heterocycles. The summed E-state index contributed by atoms with van der Waals surface area (Å²) in [6, 6.07) is 33.3. The first-order chi connectivity index (χ1) is 18.7. The summed E-state index contributed by atoms with van der Waals surface area (Å²) in [4.78, 5) is 15.9. The number of carbonyl (C=O) groups excluding carboxylic acids is 1. The van der Waals surface area contributed by atoms with E-state index in [1.807, 2.05) is 36.4 Å².